The molecule has 1 N–H and O–H groups in total. The highest BCUT2D eigenvalue weighted by Gasteiger charge is 2.22. The number of benzene rings is 2. The number of ether oxygens (including phenoxy) is 1. The van der Waals surface area contributed by atoms with Crippen LogP contribution in [-0.2, 0) is 16.0 Å². The van der Waals surface area contributed by atoms with Gasteiger partial charge in [0.1, 0.15) is 6.04 Å². The molecule has 5 nitrogen and oxygen atoms in total. The standard InChI is InChI=1S/C18H15IN2O3/c1-24-18(23)16(10-12-4-8-15(19)9-5-12)21-17(22)14-6-2-13(11-20)3-7-14/h2-9,16H,10H2,1H3,(H,21,22)/t16-/m1/s1. The van der Waals surface area contributed by atoms with Gasteiger partial charge in [0, 0.05) is 15.6 Å². The van der Waals surface area contributed by atoms with Crippen molar-refractivity contribution in [2.24, 2.45) is 0 Å². The molecule has 0 saturated heterocycles. The molecule has 2 rings (SSSR count). The monoisotopic (exact) mass is 434 g/mol. The van der Waals surface area contributed by atoms with Crippen molar-refractivity contribution in [3.63, 3.8) is 0 Å². The molecule has 0 heterocycles. The fraction of sp³-hybridized carbons (Fsp3) is 0.167. The fourth-order valence-corrected chi connectivity index (χ4v) is 2.49. The van der Waals surface area contributed by atoms with Crippen molar-refractivity contribution < 1.29 is 14.3 Å². The summed E-state index contributed by atoms with van der Waals surface area (Å²) in [7, 11) is 1.29. The van der Waals surface area contributed by atoms with Crippen LogP contribution in [0.3, 0.4) is 0 Å². The maximum atomic E-state index is 12.3. The lowest BCUT2D eigenvalue weighted by Crippen LogP contribution is -2.43. The second-order valence-corrected chi connectivity index (χ2v) is 6.31. The molecule has 1 atom stereocenters. The van der Waals surface area contributed by atoms with Crippen molar-refractivity contribution in [1.82, 2.24) is 5.32 Å². The van der Waals surface area contributed by atoms with E-state index in [-0.39, 0.29) is 5.91 Å². The Morgan fingerprint density at radius 3 is 2.33 bits per heavy atom. The predicted molar refractivity (Wildman–Crippen MR) is 97.3 cm³/mol. The average molecular weight is 434 g/mol. The summed E-state index contributed by atoms with van der Waals surface area (Å²) in [6, 6.07) is 15.1. The maximum Gasteiger partial charge on any atom is 0.328 e. The third kappa shape index (κ3) is 4.80. The van der Waals surface area contributed by atoms with Crippen molar-refractivity contribution in [1.29, 1.82) is 5.26 Å². The number of nitriles is 1. The third-order valence-electron chi connectivity index (χ3n) is 3.42. The molecule has 6 heteroatoms. The van der Waals surface area contributed by atoms with Gasteiger partial charge in [-0.15, -0.1) is 0 Å². The first-order chi connectivity index (χ1) is 11.5. The van der Waals surface area contributed by atoms with Crippen LogP contribution in [0.15, 0.2) is 48.5 Å². The van der Waals surface area contributed by atoms with Crippen LogP contribution in [0.4, 0.5) is 0 Å². The quantitative estimate of drug-likeness (QED) is 0.580. The van der Waals surface area contributed by atoms with Crippen LogP contribution < -0.4 is 5.32 Å². The van der Waals surface area contributed by atoms with Gasteiger partial charge in [-0.25, -0.2) is 4.79 Å². The van der Waals surface area contributed by atoms with Crippen molar-refractivity contribution in [3.05, 3.63) is 68.8 Å². The van der Waals surface area contributed by atoms with E-state index in [1.54, 1.807) is 24.3 Å². The summed E-state index contributed by atoms with van der Waals surface area (Å²) in [6.07, 6.45) is 0.339. The normalized spacial score (nSPS) is 11.2. The molecule has 0 saturated carbocycles. The number of methoxy groups -OCH3 is 1. The van der Waals surface area contributed by atoms with Crippen LogP contribution in [-0.4, -0.2) is 25.0 Å². The molecule has 24 heavy (non-hydrogen) atoms. The lowest BCUT2D eigenvalue weighted by molar-refractivity contribution is -0.142. The summed E-state index contributed by atoms with van der Waals surface area (Å²) in [5, 5.41) is 11.5. The molecule has 0 aliphatic heterocycles. The highest BCUT2D eigenvalue weighted by Crippen LogP contribution is 2.10. The van der Waals surface area contributed by atoms with Gasteiger partial charge in [0.05, 0.1) is 18.7 Å². The minimum Gasteiger partial charge on any atom is -0.467 e. The Balaban J connectivity index is 2.12. The van der Waals surface area contributed by atoms with Gasteiger partial charge in [0.15, 0.2) is 0 Å². The molecular weight excluding hydrogens is 419 g/mol. The zero-order chi connectivity index (χ0) is 17.5. The largest absolute Gasteiger partial charge is 0.467 e. The van der Waals surface area contributed by atoms with Crippen molar-refractivity contribution in [3.8, 4) is 6.07 Å². The van der Waals surface area contributed by atoms with Gasteiger partial charge in [0.2, 0.25) is 0 Å². The lowest BCUT2D eigenvalue weighted by Gasteiger charge is -2.17. The molecule has 0 unspecified atom stereocenters. The Morgan fingerprint density at radius 2 is 1.79 bits per heavy atom. The first-order valence-electron chi connectivity index (χ1n) is 7.17. The predicted octanol–water partition coefficient (Wildman–Crippen LogP) is 2.68. The molecule has 122 valence electrons. The zero-order valence-corrected chi connectivity index (χ0v) is 15.1. The van der Waals surface area contributed by atoms with Crippen LogP contribution in [0, 0.1) is 14.9 Å². The van der Waals surface area contributed by atoms with Gasteiger partial charge in [-0.2, -0.15) is 5.26 Å². The summed E-state index contributed by atoms with van der Waals surface area (Å²) >= 11 is 2.20. The van der Waals surface area contributed by atoms with Crippen molar-refractivity contribution in [2.75, 3.05) is 7.11 Å². The van der Waals surface area contributed by atoms with Crippen LogP contribution in [0.5, 0.6) is 0 Å². The topological polar surface area (TPSA) is 79.2 Å². The van der Waals surface area contributed by atoms with Crippen LogP contribution in [0.1, 0.15) is 21.5 Å². The van der Waals surface area contributed by atoms with E-state index >= 15 is 0 Å². The summed E-state index contributed by atoms with van der Waals surface area (Å²) in [5.74, 6) is -0.893. The highest BCUT2D eigenvalue weighted by atomic mass is 127. The Hall–Kier alpha value is -2.40. The Bertz CT molecular complexity index is 764. The maximum absolute atomic E-state index is 12.3. The average Bonchev–Trinajstić information content (AvgIpc) is 2.62. The molecule has 0 fully saturated rings. The number of nitrogens with zero attached hydrogens (tertiary/aromatic N) is 1. The minimum atomic E-state index is -0.779. The second-order valence-electron chi connectivity index (χ2n) is 5.07. The lowest BCUT2D eigenvalue weighted by atomic mass is 10.1. The molecule has 0 bridgehead atoms. The Kier molecular flexibility index (Phi) is 6.32. The van der Waals surface area contributed by atoms with Crippen molar-refractivity contribution in [2.45, 2.75) is 12.5 Å². The number of hydrogen-bond acceptors (Lipinski definition) is 4. The molecule has 2 aromatic rings. The fourth-order valence-electron chi connectivity index (χ4n) is 2.13. The van der Waals surface area contributed by atoms with Gasteiger partial charge < -0.3 is 10.1 Å². The Labute approximate surface area is 153 Å². The van der Waals surface area contributed by atoms with E-state index in [2.05, 4.69) is 27.9 Å². The molecule has 1 amide bonds. The summed E-state index contributed by atoms with van der Waals surface area (Å²) in [4.78, 5) is 24.3. The van der Waals surface area contributed by atoms with E-state index in [1.807, 2.05) is 30.3 Å². The Morgan fingerprint density at radius 1 is 1.17 bits per heavy atom. The van der Waals surface area contributed by atoms with Gasteiger partial charge in [-0.1, -0.05) is 12.1 Å². The highest BCUT2D eigenvalue weighted by molar-refractivity contribution is 14.1. The van der Waals surface area contributed by atoms with Crippen LogP contribution >= 0.6 is 22.6 Å². The van der Waals surface area contributed by atoms with E-state index in [1.165, 1.54) is 7.11 Å². The summed E-state index contributed by atoms with van der Waals surface area (Å²) in [6.45, 7) is 0. The van der Waals surface area contributed by atoms with Gasteiger partial charge in [-0.3, -0.25) is 4.79 Å². The van der Waals surface area contributed by atoms with E-state index in [0.717, 1.165) is 9.13 Å². The van der Waals surface area contributed by atoms with Gasteiger partial charge in [0.25, 0.3) is 5.91 Å². The molecule has 0 radical (unpaired) electrons. The SMILES string of the molecule is COC(=O)[C@@H](Cc1ccc(I)cc1)NC(=O)c1ccc(C#N)cc1. The summed E-state index contributed by atoms with van der Waals surface area (Å²) in [5.41, 5.74) is 1.77. The number of halogens is 1. The van der Waals surface area contributed by atoms with Gasteiger partial charge in [-0.05, 0) is 64.6 Å². The number of hydrogen-bond donors (Lipinski definition) is 1. The van der Waals surface area contributed by atoms with E-state index in [4.69, 9.17) is 10.00 Å². The number of carbonyl (C=O) groups excluding carboxylic acids is 2. The molecule has 0 aromatic heterocycles. The third-order valence-corrected chi connectivity index (χ3v) is 4.14. The van der Waals surface area contributed by atoms with E-state index < -0.39 is 12.0 Å². The number of esters is 1. The number of nitrogens with one attached hydrogen (secondary N) is 1. The molecule has 0 aliphatic carbocycles. The van der Waals surface area contributed by atoms with E-state index in [9.17, 15) is 9.59 Å². The van der Waals surface area contributed by atoms with E-state index in [0.29, 0.717) is 17.5 Å². The number of carbonyl (C=O) groups is 2. The molecular formula is C18H15IN2O3. The van der Waals surface area contributed by atoms with Crippen LogP contribution in [0.2, 0.25) is 0 Å². The van der Waals surface area contributed by atoms with Crippen molar-refractivity contribution >= 4 is 34.5 Å². The molecule has 0 aliphatic rings. The first-order valence-corrected chi connectivity index (χ1v) is 8.24. The minimum absolute atomic E-state index is 0.339. The second kappa shape index (κ2) is 8.45. The van der Waals surface area contributed by atoms with Crippen LogP contribution in [0.25, 0.3) is 0 Å². The van der Waals surface area contributed by atoms with Gasteiger partial charge >= 0.3 is 5.97 Å². The zero-order valence-electron chi connectivity index (χ0n) is 13.0. The number of rotatable bonds is 5. The molecule has 0 spiro atoms. The number of amides is 1. The summed E-state index contributed by atoms with van der Waals surface area (Å²) < 4.78 is 5.87. The first kappa shape index (κ1) is 17.9. The smallest absolute Gasteiger partial charge is 0.328 e. The molecule has 2 aromatic carbocycles.